The highest BCUT2D eigenvalue weighted by Crippen LogP contribution is 2.27. The maximum atomic E-state index is 8.95. The largest absolute Gasteiger partial charge is 0.396 e. The van der Waals surface area contributed by atoms with Crippen molar-refractivity contribution in [3.05, 3.63) is 72.4 Å². The van der Waals surface area contributed by atoms with Gasteiger partial charge in [0.05, 0.1) is 5.52 Å². The van der Waals surface area contributed by atoms with Crippen LogP contribution in [-0.4, -0.2) is 23.2 Å². The Bertz CT molecular complexity index is 768. The average molecular weight is 334 g/mol. The minimum Gasteiger partial charge on any atom is -0.396 e. The number of nitrogens with zero attached hydrogens (tertiary/aromatic N) is 2. The molecule has 0 fully saturated rings. The molecular weight excluding hydrogens is 308 g/mol. The lowest BCUT2D eigenvalue weighted by atomic mass is 10.1. The van der Waals surface area contributed by atoms with E-state index in [1.165, 1.54) is 16.6 Å². The average Bonchev–Trinajstić information content (AvgIpc) is 2.67. The second-order valence-electron chi connectivity index (χ2n) is 6.39. The molecule has 3 nitrogen and oxygen atoms in total. The first-order valence-corrected chi connectivity index (χ1v) is 9.12. The maximum absolute atomic E-state index is 8.95. The fourth-order valence-corrected chi connectivity index (χ4v) is 3.21. The van der Waals surface area contributed by atoms with E-state index < -0.39 is 0 Å². The van der Waals surface area contributed by atoms with E-state index in [4.69, 9.17) is 5.11 Å². The minimum atomic E-state index is 0.294. The molecular formula is C22H26N2O. The van der Waals surface area contributed by atoms with Crippen LogP contribution in [0.1, 0.15) is 31.2 Å². The summed E-state index contributed by atoms with van der Waals surface area (Å²) >= 11 is 0. The second kappa shape index (κ2) is 9.19. The van der Waals surface area contributed by atoms with Gasteiger partial charge in [-0.2, -0.15) is 0 Å². The highest BCUT2D eigenvalue weighted by Gasteiger charge is 2.11. The molecule has 1 N–H and O–H groups in total. The van der Waals surface area contributed by atoms with E-state index in [1.807, 2.05) is 12.3 Å². The zero-order chi connectivity index (χ0) is 17.3. The lowest BCUT2D eigenvalue weighted by Crippen LogP contribution is -2.24. The number of rotatable bonds is 9. The molecule has 0 aliphatic heterocycles. The molecule has 3 aromatic rings. The summed E-state index contributed by atoms with van der Waals surface area (Å²) < 4.78 is 0. The van der Waals surface area contributed by atoms with Gasteiger partial charge in [-0.1, -0.05) is 61.4 Å². The lowest BCUT2D eigenvalue weighted by molar-refractivity contribution is 0.282. The Labute approximate surface area is 149 Å². The first-order chi connectivity index (χ1) is 12.4. The van der Waals surface area contributed by atoms with Crippen molar-refractivity contribution >= 4 is 16.6 Å². The van der Waals surface area contributed by atoms with E-state index in [1.54, 1.807) is 0 Å². The van der Waals surface area contributed by atoms with Crippen molar-refractivity contribution in [2.45, 2.75) is 32.2 Å². The Morgan fingerprint density at radius 3 is 2.40 bits per heavy atom. The highest BCUT2D eigenvalue weighted by molar-refractivity contribution is 5.91. The molecule has 0 saturated heterocycles. The highest BCUT2D eigenvalue weighted by atomic mass is 16.2. The first-order valence-electron chi connectivity index (χ1n) is 9.12. The number of fused-ring (bicyclic) bond motifs is 1. The van der Waals surface area contributed by atoms with Crippen LogP contribution in [0.4, 0.5) is 5.69 Å². The number of aliphatic hydroxyl groups is 1. The molecule has 0 aliphatic rings. The molecule has 0 radical (unpaired) electrons. The number of anilines is 1. The fraction of sp³-hybridized carbons (Fsp3) is 0.318. The van der Waals surface area contributed by atoms with Crippen LogP contribution in [-0.2, 0) is 6.54 Å². The monoisotopic (exact) mass is 334 g/mol. The number of pyridine rings is 1. The third-order valence-electron chi connectivity index (χ3n) is 4.52. The van der Waals surface area contributed by atoms with Gasteiger partial charge in [-0.25, -0.2) is 0 Å². The molecule has 0 spiro atoms. The molecule has 130 valence electrons. The van der Waals surface area contributed by atoms with E-state index in [9.17, 15) is 0 Å². The van der Waals surface area contributed by atoms with Crippen LogP contribution in [0.25, 0.3) is 10.9 Å². The zero-order valence-corrected chi connectivity index (χ0v) is 14.6. The second-order valence-corrected chi connectivity index (χ2v) is 6.39. The third kappa shape index (κ3) is 4.80. The predicted molar refractivity (Wildman–Crippen MR) is 105 cm³/mol. The summed E-state index contributed by atoms with van der Waals surface area (Å²) in [5.74, 6) is 0. The van der Waals surface area contributed by atoms with Gasteiger partial charge in [0, 0.05) is 37.0 Å². The number of unbranched alkanes of at least 4 members (excludes halogenated alkanes) is 3. The van der Waals surface area contributed by atoms with E-state index in [2.05, 4.69) is 64.5 Å². The number of aromatic nitrogens is 1. The molecule has 25 heavy (non-hydrogen) atoms. The van der Waals surface area contributed by atoms with Gasteiger partial charge in [-0.15, -0.1) is 0 Å². The normalized spacial score (nSPS) is 10.9. The van der Waals surface area contributed by atoms with Crippen molar-refractivity contribution < 1.29 is 5.11 Å². The van der Waals surface area contributed by atoms with Gasteiger partial charge in [-0.05, 0) is 30.5 Å². The van der Waals surface area contributed by atoms with Crippen molar-refractivity contribution in [2.24, 2.45) is 0 Å². The van der Waals surface area contributed by atoms with Crippen LogP contribution in [0.3, 0.4) is 0 Å². The van der Waals surface area contributed by atoms with Crippen LogP contribution in [0.2, 0.25) is 0 Å². The Morgan fingerprint density at radius 2 is 1.56 bits per heavy atom. The minimum absolute atomic E-state index is 0.294. The molecule has 0 atom stereocenters. The summed E-state index contributed by atoms with van der Waals surface area (Å²) in [5.41, 5.74) is 3.61. The molecule has 0 aliphatic carbocycles. The van der Waals surface area contributed by atoms with Crippen LogP contribution in [0.15, 0.2) is 66.9 Å². The van der Waals surface area contributed by atoms with Crippen LogP contribution in [0.5, 0.6) is 0 Å². The van der Waals surface area contributed by atoms with E-state index in [-0.39, 0.29) is 0 Å². The van der Waals surface area contributed by atoms with Crippen LogP contribution < -0.4 is 4.90 Å². The summed E-state index contributed by atoms with van der Waals surface area (Å²) in [6.07, 6.45) is 6.17. The van der Waals surface area contributed by atoms with Gasteiger partial charge in [-0.3, -0.25) is 4.98 Å². The van der Waals surface area contributed by atoms with Gasteiger partial charge in [0.1, 0.15) is 0 Å². The standard InChI is InChI=1S/C22H26N2O/c25-17-9-2-1-8-16-24(18-19-10-4-3-5-11-19)22-14-15-23-21-13-7-6-12-20(21)22/h3-7,10-15,25H,1-2,8-9,16-18H2. The Morgan fingerprint density at radius 1 is 0.800 bits per heavy atom. The Hall–Kier alpha value is -2.39. The quantitative estimate of drug-likeness (QED) is 0.571. The van der Waals surface area contributed by atoms with E-state index in [0.717, 1.165) is 44.3 Å². The van der Waals surface area contributed by atoms with Gasteiger partial charge >= 0.3 is 0 Å². The topological polar surface area (TPSA) is 36.4 Å². The summed E-state index contributed by atoms with van der Waals surface area (Å²) in [4.78, 5) is 6.95. The number of aliphatic hydroxyl groups excluding tert-OH is 1. The summed E-state index contributed by atoms with van der Waals surface area (Å²) in [7, 11) is 0. The number of hydrogen-bond acceptors (Lipinski definition) is 3. The zero-order valence-electron chi connectivity index (χ0n) is 14.6. The van der Waals surface area contributed by atoms with Crippen molar-refractivity contribution in [1.82, 2.24) is 4.98 Å². The van der Waals surface area contributed by atoms with E-state index in [0.29, 0.717) is 6.61 Å². The summed E-state index contributed by atoms with van der Waals surface area (Å²) in [5, 5.41) is 10.2. The van der Waals surface area contributed by atoms with Crippen molar-refractivity contribution in [3.63, 3.8) is 0 Å². The van der Waals surface area contributed by atoms with Gasteiger partial charge in [0.25, 0.3) is 0 Å². The molecule has 0 bridgehead atoms. The molecule has 1 aromatic heterocycles. The summed E-state index contributed by atoms with van der Waals surface area (Å²) in [6, 6.07) is 21.1. The van der Waals surface area contributed by atoms with Crippen molar-refractivity contribution in [2.75, 3.05) is 18.1 Å². The SMILES string of the molecule is OCCCCCCN(Cc1ccccc1)c1ccnc2ccccc12. The molecule has 0 saturated carbocycles. The Balaban J connectivity index is 1.81. The lowest BCUT2D eigenvalue weighted by Gasteiger charge is -2.26. The van der Waals surface area contributed by atoms with Gasteiger partial charge in [0.15, 0.2) is 0 Å². The molecule has 3 heteroatoms. The number of benzene rings is 2. The number of hydrogen-bond donors (Lipinski definition) is 1. The fourth-order valence-electron chi connectivity index (χ4n) is 3.21. The smallest absolute Gasteiger partial charge is 0.0722 e. The molecule has 0 amide bonds. The first kappa shape index (κ1) is 17.4. The van der Waals surface area contributed by atoms with Crippen LogP contribution in [0, 0.1) is 0 Å². The third-order valence-corrected chi connectivity index (χ3v) is 4.52. The van der Waals surface area contributed by atoms with E-state index >= 15 is 0 Å². The number of para-hydroxylation sites is 1. The summed E-state index contributed by atoms with van der Waals surface area (Å²) in [6.45, 7) is 2.20. The molecule has 1 heterocycles. The Kier molecular flexibility index (Phi) is 6.41. The van der Waals surface area contributed by atoms with Crippen LogP contribution >= 0.6 is 0 Å². The van der Waals surface area contributed by atoms with Gasteiger partial charge < -0.3 is 10.0 Å². The molecule has 0 unspecified atom stereocenters. The van der Waals surface area contributed by atoms with Gasteiger partial charge in [0.2, 0.25) is 0 Å². The maximum Gasteiger partial charge on any atom is 0.0722 e. The predicted octanol–water partition coefficient (Wildman–Crippen LogP) is 4.79. The van der Waals surface area contributed by atoms with Crippen molar-refractivity contribution in [3.8, 4) is 0 Å². The van der Waals surface area contributed by atoms with Crippen molar-refractivity contribution in [1.29, 1.82) is 0 Å². The molecule has 2 aromatic carbocycles. The molecule has 3 rings (SSSR count).